The molecule has 0 spiro atoms. The Morgan fingerprint density at radius 2 is 2.31 bits per heavy atom. The molecule has 0 saturated carbocycles. The Bertz CT molecular complexity index is 376. The first-order valence-corrected chi connectivity index (χ1v) is 4.41. The number of carbonyl (C=O) groups is 1. The Morgan fingerprint density at radius 3 is 2.92 bits per heavy atom. The summed E-state index contributed by atoms with van der Waals surface area (Å²) in [4.78, 5) is 9.94. The molecule has 1 aromatic carbocycles. The fourth-order valence-electron chi connectivity index (χ4n) is 0.769. The van der Waals surface area contributed by atoms with Crippen LogP contribution in [0.1, 0.15) is 12.0 Å². The van der Waals surface area contributed by atoms with E-state index < -0.39 is 0 Å². The van der Waals surface area contributed by atoms with Gasteiger partial charge in [0, 0.05) is 5.56 Å². The summed E-state index contributed by atoms with van der Waals surface area (Å²) in [6.45, 7) is 0. The van der Waals surface area contributed by atoms with Crippen LogP contribution in [0.15, 0.2) is 22.7 Å². The van der Waals surface area contributed by atoms with E-state index in [0.29, 0.717) is 10.0 Å². The maximum absolute atomic E-state index is 12.7. The Kier molecular flexibility index (Phi) is 3.66. The van der Waals surface area contributed by atoms with Gasteiger partial charge in [-0.1, -0.05) is 11.8 Å². The molecule has 0 aromatic heterocycles. The Morgan fingerprint density at radius 1 is 1.54 bits per heavy atom. The van der Waals surface area contributed by atoms with E-state index in [0.717, 1.165) is 6.29 Å². The molecule has 0 fully saturated rings. The average molecular weight is 241 g/mol. The second-order valence-electron chi connectivity index (χ2n) is 2.30. The second-order valence-corrected chi connectivity index (χ2v) is 3.16. The van der Waals surface area contributed by atoms with Gasteiger partial charge in [0.05, 0.1) is 10.9 Å². The monoisotopic (exact) mass is 240 g/mol. The van der Waals surface area contributed by atoms with Crippen LogP contribution in [0.2, 0.25) is 0 Å². The molecular weight excluding hydrogens is 235 g/mol. The molecular formula is C10H6BrFO. The number of hydrogen-bond acceptors (Lipinski definition) is 1. The Labute approximate surface area is 84.1 Å². The fourth-order valence-corrected chi connectivity index (χ4v) is 1.15. The number of carbonyl (C=O) groups excluding carboxylic acids is 1. The highest BCUT2D eigenvalue weighted by molar-refractivity contribution is 9.10. The van der Waals surface area contributed by atoms with Gasteiger partial charge in [0.2, 0.25) is 0 Å². The topological polar surface area (TPSA) is 17.1 Å². The molecule has 0 saturated heterocycles. The molecule has 0 aliphatic carbocycles. The van der Waals surface area contributed by atoms with E-state index in [1.807, 2.05) is 0 Å². The van der Waals surface area contributed by atoms with Gasteiger partial charge in [0.15, 0.2) is 0 Å². The minimum Gasteiger partial charge on any atom is -0.302 e. The third-order valence-electron chi connectivity index (χ3n) is 1.34. The van der Waals surface area contributed by atoms with Gasteiger partial charge >= 0.3 is 0 Å². The van der Waals surface area contributed by atoms with Gasteiger partial charge in [0.25, 0.3) is 0 Å². The largest absolute Gasteiger partial charge is 0.302 e. The lowest BCUT2D eigenvalue weighted by molar-refractivity contribution is -0.107. The molecule has 0 radical (unpaired) electrons. The summed E-state index contributed by atoms with van der Waals surface area (Å²) in [5.74, 6) is 5.05. The molecule has 0 unspecified atom stereocenters. The van der Waals surface area contributed by atoms with E-state index >= 15 is 0 Å². The van der Waals surface area contributed by atoms with Gasteiger partial charge in [0.1, 0.15) is 12.1 Å². The molecule has 3 heteroatoms. The van der Waals surface area contributed by atoms with Gasteiger partial charge in [-0.2, -0.15) is 0 Å². The molecule has 0 aliphatic rings. The molecule has 1 nitrogen and oxygen atoms in total. The summed E-state index contributed by atoms with van der Waals surface area (Å²) >= 11 is 3.04. The van der Waals surface area contributed by atoms with Crippen LogP contribution in [0.5, 0.6) is 0 Å². The Hall–Kier alpha value is -1.14. The molecule has 13 heavy (non-hydrogen) atoms. The number of rotatable bonds is 1. The molecule has 1 rings (SSSR count). The van der Waals surface area contributed by atoms with Crippen molar-refractivity contribution >= 4 is 22.2 Å². The van der Waals surface area contributed by atoms with Crippen LogP contribution < -0.4 is 0 Å². The molecule has 1 aromatic rings. The smallest absolute Gasteiger partial charge is 0.137 e. The molecule has 0 N–H and O–H groups in total. The SMILES string of the molecule is O=CCC#Cc1ccc(F)c(Br)c1. The van der Waals surface area contributed by atoms with E-state index in [1.165, 1.54) is 6.07 Å². The van der Waals surface area contributed by atoms with Crippen molar-refractivity contribution in [1.82, 2.24) is 0 Å². The zero-order chi connectivity index (χ0) is 9.68. The number of hydrogen-bond donors (Lipinski definition) is 0. The first-order chi connectivity index (χ1) is 6.24. The summed E-state index contributed by atoms with van der Waals surface area (Å²) in [5, 5.41) is 0. The van der Waals surface area contributed by atoms with Crippen molar-refractivity contribution in [3.63, 3.8) is 0 Å². The third kappa shape index (κ3) is 3.00. The quantitative estimate of drug-likeness (QED) is 0.545. The van der Waals surface area contributed by atoms with Crippen LogP contribution in [-0.4, -0.2) is 6.29 Å². The number of aldehydes is 1. The van der Waals surface area contributed by atoms with Crippen molar-refractivity contribution in [2.24, 2.45) is 0 Å². The third-order valence-corrected chi connectivity index (χ3v) is 1.95. The van der Waals surface area contributed by atoms with Crippen molar-refractivity contribution in [1.29, 1.82) is 0 Å². The molecule has 0 atom stereocenters. The lowest BCUT2D eigenvalue weighted by Crippen LogP contribution is -1.79. The lowest BCUT2D eigenvalue weighted by atomic mass is 10.2. The summed E-state index contributed by atoms with van der Waals surface area (Å²) < 4.78 is 13.1. The molecule has 0 aliphatic heterocycles. The molecule has 0 heterocycles. The number of halogens is 2. The summed E-state index contributed by atoms with van der Waals surface area (Å²) in [5.41, 5.74) is 0.690. The normalized spacial score (nSPS) is 8.77. The van der Waals surface area contributed by atoms with Crippen LogP contribution >= 0.6 is 15.9 Å². The highest BCUT2D eigenvalue weighted by Gasteiger charge is 1.97. The van der Waals surface area contributed by atoms with Gasteiger partial charge in [-0.05, 0) is 34.1 Å². The van der Waals surface area contributed by atoms with E-state index in [-0.39, 0.29) is 12.2 Å². The van der Waals surface area contributed by atoms with Crippen molar-refractivity contribution in [3.05, 3.63) is 34.1 Å². The van der Waals surface area contributed by atoms with Crippen molar-refractivity contribution in [2.45, 2.75) is 6.42 Å². The van der Waals surface area contributed by atoms with Crippen molar-refractivity contribution in [3.8, 4) is 11.8 Å². The maximum Gasteiger partial charge on any atom is 0.137 e. The fraction of sp³-hybridized carbons (Fsp3) is 0.100. The highest BCUT2D eigenvalue weighted by Crippen LogP contribution is 2.15. The maximum atomic E-state index is 12.7. The summed E-state index contributed by atoms with van der Waals surface area (Å²) in [7, 11) is 0. The van der Waals surface area contributed by atoms with Crippen molar-refractivity contribution < 1.29 is 9.18 Å². The lowest BCUT2D eigenvalue weighted by Gasteiger charge is -1.93. The average Bonchev–Trinajstić information content (AvgIpc) is 2.12. The van der Waals surface area contributed by atoms with Crippen LogP contribution in [0.25, 0.3) is 0 Å². The predicted octanol–water partition coefficient (Wildman–Crippen LogP) is 2.53. The predicted molar refractivity (Wildman–Crippen MR) is 51.7 cm³/mol. The summed E-state index contributed by atoms with van der Waals surface area (Å²) in [6, 6.07) is 4.47. The Balaban J connectivity index is 2.87. The van der Waals surface area contributed by atoms with E-state index in [4.69, 9.17) is 0 Å². The second kappa shape index (κ2) is 4.78. The molecule has 0 bridgehead atoms. The zero-order valence-corrected chi connectivity index (χ0v) is 8.27. The standard InChI is InChI=1S/C10H6BrFO/c11-9-7-8(3-1-2-6-13)4-5-10(9)12/h4-7H,2H2. The van der Waals surface area contributed by atoms with Gasteiger partial charge < -0.3 is 4.79 Å². The van der Waals surface area contributed by atoms with E-state index in [2.05, 4.69) is 27.8 Å². The minimum absolute atomic E-state index is 0.203. The van der Waals surface area contributed by atoms with Gasteiger partial charge in [-0.3, -0.25) is 0 Å². The molecule has 66 valence electrons. The van der Waals surface area contributed by atoms with Crippen LogP contribution in [0, 0.1) is 17.7 Å². The van der Waals surface area contributed by atoms with Gasteiger partial charge in [-0.15, -0.1) is 0 Å². The van der Waals surface area contributed by atoms with Crippen LogP contribution in [-0.2, 0) is 4.79 Å². The number of benzene rings is 1. The minimum atomic E-state index is -0.319. The highest BCUT2D eigenvalue weighted by atomic mass is 79.9. The summed E-state index contributed by atoms with van der Waals surface area (Å²) in [6.07, 6.45) is 0.931. The van der Waals surface area contributed by atoms with Crippen LogP contribution in [0.4, 0.5) is 4.39 Å². The van der Waals surface area contributed by atoms with Crippen molar-refractivity contribution in [2.75, 3.05) is 0 Å². The van der Waals surface area contributed by atoms with Gasteiger partial charge in [-0.25, -0.2) is 4.39 Å². The molecule has 0 amide bonds. The first kappa shape index (κ1) is 9.94. The van der Waals surface area contributed by atoms with E-state index in [1.54, 1.807) is 12.1 Å². The van der Waals surface area contributed by atoms with E-state index in [9.17, 15) is 9.18 Å². The van der Waals surface area contributed by atoms with Crippen LogP contribution in [0.3, 0.4) is 0 Å². The first-order valence-electron chi connectivity index (χ1n) is 3.61. The zero-order valence-electron chi connectivity index (χ0n) is 6.68.